The molecule has 0 heterocycles. The fourth-order valence-corrected chi connectivity index (χ4v) is 0.750. The van der Waals surface area contributed by atoms with Crippen molar-refractivity contribution in [1.82, 2.24) is 5.48 Å². The van der Waals surface area contributed by atoms with Gasteiger partial charge in [0.25, 0.3) is 0 Å². The number of hydroxylamine groups is 1. The van der Waals surface area contributed by atoms with Gasteiger partial charge >= 0.3 is 6.09 Å². The predicted octanol–water partition coefficient (Wildman–Crippen LogP) is 3.14. The fourth-order valence-electron chi connectivity index (χ4n) is 0.750. The topological polar surface area (TPSA) is 47.6 Å². The lowest BCUT2D eigenvalue weighted by molar-refractivity contribution is 0.104. The number of para-hydroxylation sites is 1. The number of rotatable bonds is 3. The zero-order chi connectivity index (χ0) is 12.2. The summed E-state index contributed by atoms with van der Waals surface area (Å²) in [6.07, 6.45) is 0.659. The number of benzene rings is 1. The number of hydrogen-bond acceptors (Lipinski definition) is 3. The number of nitrogens with one attached hydrogen (secondary N) is 1. The highest BCUT2D eigenvalue weighted by Crippen LogP contribution is 2.06. The quantitative estimate of drug-likeness (QED) is 0.804. The Morgan fingerprint density at radius 3 is 2.25 bits per heavy atom. The van der Waals surface area contributed by atoms with Crippen LogP contribution in [-0.4, -0.2) is 12.7 Å². The number of hydrogen-bond donors (Lipinski definition) is 1. The third-order valence-corrected chi connectivity index (χ3v) is 1.27. The average molecular weight is 225 g/mol. The Hall–Kier alpha value is -1.71. The van der Waals surface area contributed by atoms with E-state index in [9.17, 15) is 4.79 Å². The molecule has 0 atom stereocenters. The molecule has 0 aliphatic heterocycles. The first-order valence-electron chi connectivity index (χ1n) is 5.39. The molecule has 0 fully saturated rings. The molecule has 16 heavy (non-hydrogen) atoms. The van der Waals surface area contributed by atoms with Crippen LogP contribution in [0.15, 0.2) is 30.3 Å². The van der Waals surface area contributed by atoms with Crippen LogP contribution in [0.5, 0.6) is 5.75 Å². The Bertz CT molecular complexity index is 275. The largest absolute Gasteiger partial charge is 0.448 e. The van der Waals surface area contributed by atoms with Gasteiger partial charge in [-0.2, -0.15) is 5.48 Å². The third-order valence-electron chi connectivity index (χ3n) is 1.27. The summed E-state index contributed by atoms with van der Waals surface area (Å²) in [5.74, 6) is 0.565. The Labute approximate surface area is 96.5 Å². The van der Waals surface area contributed by atoms with Gasteiger partial charge in [0.15, 0.2) is 5.75 Å². The molecule has 90 valence electrons. The van der Waals surface area contributed by atoms with Gasteiger partial charge in [-0.25, -0.2) is 4.79 Å². The minimum Gasteiger partial charge on any atom is -0.448 e. The molecule has 1 aromatic rings. The van der Waals surface area contributed by atoms with Crippen LogP contribution in [0.3, 0.4) is 0 Å². The van der Waals surface area contributed by atoms with Crippen molar-refractivity contribution in [2.24, 2.45) is 0 Å². The van der Waals surface area contributed by atoms with Crippen LogP contribution >= 0.6 is 0 Å². The van der Waals surface area contributed by atoms with E-state index in [4.69, 9.17) is 4.84 Å². The monoisotopic (exact) mass is 225 g/mol. The second kappa shape index (κ2) is 9.83. The minimum absolute atomic E-state index is 0.323. The summed E-state index contributed by atoms with van der Waals surface area (Å²) in [6, 6.07) is 8.93. The predicted molar refractivity (Wildman–Crippen MR) is 63.2 cm³/mol. The Morgan fingerprint density at radius 1 is 1.19 bits per heavy atom. The van der Waals surface area contributed by atoms with Crippen molar-refractivity contribution < 1.29 is 14.4 Å². The highest BCUT2D eigenvalue weighted by Gasteiger charge is 1.99. The van der Waals surface area contributed by atoms with Crippen molar-refractivity contribution in [2.45, 2.75) is 27.2 Å². The van der Waals surface area contributed by atoms with E-state index < -0.39 is 6.09 Å². The van der Waals surface area contributed by atoms with Crippen molar-refractivity contribution in [1.29, 1.82) is 0 Å². The molecular formula is C12H19NO3. The van der Waals surface area contributed by atoms with Crippen LogP contribution in [-0.2, 0) is 4.74 Å². The van der Waals surface area contributed by atoms with Gasteiger partial charge in [-0.15, -0.1) is 0 Å². The molecule has 0 unspecified atom stereocenters. The standard InChI is InChI=1S/C9H11NO3.C3H8/c1-2-12-9(11)10-13-8-6-4-3-5-7-8;1-3-2/h3-7H,2H2,1H3,(H,10,11);3H2,1-2H3. The molecule has 4 heteroatoms. The molecular weight excluding hydrogens is 206 g/mol. The molecule has 1 N–H and O–H groups in total. The molecule has 0 spiro atoms. The molecule has 0 saturated carbocycles. The first-order chi connectivity index (χ1) is 7.74. The highest BCUT2D eigenvalue weighted by atomic mass is 16.7. The van der Waals surface area contributed by atoms with E-state index in [1.54, 1.807) is 19.1 Å². The third kappa shape index (κ3) is 7.67. The van der Waals surface area contributed by atoms with Crippen LogP contribution < -0.4 is 10.3 Å². The summed E-state index contributed by atoms with van der Waals surface area (Å²) >= 11 is 0. The lowest BCUT2D eigenvalue weighted by atomic mass is 10.3. The van der Waals surface area contributed by atoms with Crippen molar-refractivity contribution in [3.63, 3.8) is 0 Å². The molecule has 0 radical (unpaired) electrons. The Kier molecular flexibility index (Phi) is 8.78. The van der Waals surface area contributed by atoms with Crippen LogP contribution in [0.4, 0.5) is 4.79 Å². The van der Waals surface area contributed by atoms with Gasteiger partial charge < -0.3 is 9.57 Å². The maximum absolute atomic E-state index is 10.8. The molecule has 4 nitrogen and oxygen atoms in total. The van der Waals surface area contributed by atoms with Gasteiger partial charge in [0.2, 0.25) is 0 Å². The second-order valence-corrected chi connectivity index (χ2v) is 2.94. The van der Waals surface area contributed by atoms with Crippen molar-refractivity contribution in [3.05, 3.63) is 30.3 Å². The average Bonchev–Trinajstić information content (AvgIpc) is 2.29. The van der Waals surface area contributed by atoms with Gasteiger partial charge in [0.05, 0.1) is 6.61 Å². The minimum atomic E-state index is -0.591. The summed E-state index contributed by atoms with van der Waals surface area (Å²) in [4.78, 5) is 15.7. The summed E-state index contributed by atoms with van der Waals surface area (Å²) in [5, 5.41) is 0. The maximum Gasteiger partial charge on any atom is 0.440 e. The van der Waals surface area contributed by atoms with Crippen LogP contribution in [0.25, 0.3) is 0 Å². The fraction of sp³-hybridized carbons (Fsp3) is 0.417. The lowest BCUT2D eigenvalue weighted by Gasteiger charge is -2.05. The van der Waals surface area contributed by atoms with Gasteiger partial charge in [-0.3, -0.25) is 0 Å². The second-order valence-electron chi connectivity index (χ2n) is 2.94. The number of carbonyl (C=O) groups is 1. The Morgan fingerprint density at radius 2 is 1.75 bits per heavy atom. The molecule has 1 aromatic carbocycles. The first kappa shape index (κ1) is 14.3. The Balaban J connectivity index is 0.000000673. The normalized spacial score (nSPS) is 8.44. The van der Waals surface area contributed by atoms with E-state index >= 15 is 0 Å². The zero-order valence-corrected chi connectivity index (χ0v) is 10.0. The maximum atomic E-state index is 10.8. The highest BCUT2D eigenvalue weighted by molar-refractivity contribution is 5.66. The van der Waals surface area contributed by atoms with Gasteiger partial charge in [0, 0.05) is 0 Å². The number of ether oxygens (including phenoxy) is 1. The van der Waals surface area contributed by atoms with Crippen LogP contribution in [0.2, 0.25) is 0 Å². The molecule has 0 bridgehead atoms. The van der Waals surface area contributed by atoms with Crippen molar-refractivity contribution in [3.8, 4) is 5.75 Å². The van der Waals surface area contributed by atoms with Crippen LogP contribution in [0, 0.1) is 0 Å². The zero-order valence-electron chi connectivity index (χ0n) is 10.0. The van der Waals surface area contributed by atoms with Crippen molar-refractivity contribution in [2.75, 3.05) is 6.61 Å². The van der Waals surface area contributed by atoms with E-state index in [1.807, 2.05) is 18.2 Å². The first-order valence-corrected chi connectivity index (χ1v) is 5.39. The van der Waals surface area contributed by atoms with Gasteiger partial charge in [0.1, 0.15) is 0 Å². The molecule has 0 saturated heterocycles. The number of amides is 1. The van der Waals surface area contributed by atoms with Crippen LogP contribution in [0.1, 0.15) is 27.2 Å². The van der Waals surface area contributed by atoms with E-state index in [0.717, 1.165) is 0 Å². The summed E-state index contributed by atoms with van der Waals surface area (Å²) in [7, 11) is 0. The van der Waals surface area contributed by atoms with E-state index in [2.05, 4.69) is 24.1 Å². The molecule has 0 aliphatic carbocycles. The molecule has 0 aromatic heterocycles. The molecule has 0 aliphatic rings. The van der Waals surface area contributed by atoms with E-state index in [-0.39, 0.29) is 0 Å². The summed E-state index contributed by atoms with van der Waals surface area (Å²) in [6.45, 7) is 6.30. The van der Waals surface area contributed by atoms with E-state index in [1.165, 1.54) is 6.42 Å². The molecule has 1 rings (SSSR count). The SMILES string of the molecule is CCC.CCOC(=O)NOc1ccccc1. The lowest BCUT2D eigenvalue weighted by Crippen LogP contribution is -2.27. The summed E-state index contributed by atoms with van der Waals surface area (Å²) in [5.41, 5.74) is 2.14. The molecule has 1 amide bonds. The summed E-state index contributed by atoms with van der Waals surface area (Å²) < 4.78 is 4.59. The van der Waals surface area contributed by atoms with Gasteiger partial charge in [-0.1, -0.05) is 38.5 Å². The smallest absolute Gasteiger partial charge is 0.440 e. The number of carbonyl (C=O) groups excluding carboxylic acids is 1. The van der Waals surface area contributed by atoms with E-state index in [0.29, 0.717) is 12.4 Å². The van der Waals surface area contributed by atoms with Crippen molar-refractivity contribution >= 4 is 6.09 Å². The van der Waals surface area contributed by atoms with Gasteiger partial charge in [-0.05, 0) is 19.1 Å².